The van der Waals surface area contributed by atoms with Crippen LogP contribution in [0.15, 0.2) is 24.3 Å². The molecule has 0 saturated heterocycles. The summed E-state index contributed by atoms with van der Waals surface area (Å²) in [7, 11) is 1.33. The summed E-state index contributed by atoms with van der Waals surface area (Å²) in [5.41, 5.74) is 6.25. The highest BCUT2D eigenvalue weighted by atomic mass is 16.5. The lowest BCUT2D eigenvalue weighted by Gasteiger charge is -2.09. The quantitative estimate of drug-likeness (QED) is 0.753. The van der Waals surface area contributed by atoms with Crippen LogP contribution >= 0.6 is 0 Å². The number of carbonyl (C=O) groups is 2. The zero-order valence-corrected chi connectivity index (χ0v) is 8.69. The molecule has 0 aromatic heterocycles. The van der Waals surface area contributed by atoms with Gasteiger partial charge in [0.05, 0.1) is 13.0 Å². The van der Waals surface area contributed by atoms with E-state index in [1.807, 2.05) is 0 Å². The molecule has 1 aromatic carbocycles. The van der Waals surface area contributed by atoms with E-state index in [4.69, 9.17) is 5.73 Å². The first-order chi connectivity index (χ1) is 7.06. The van der Waals surface area contributed by atoms with Crippen LogP contribution in [0.5, 0.6) is 0 Å². The molecule has 1 amide bonds. The molecule has 2 N–H and O–H groups in total. The molecule has 1 aromatic rings. The highest BCUT2D eigenvalue weighted by Gasteiger charge is 2.16. The summed E-state index contributed by atoms with van der Waals surface area (Å²) < 4.78 is 4.61. The van der Waals surface area contributed by atoms with Gasteiger partial charge in [-0.2, -0.15) is 0 Å². The van der Waals surface area contributed by atoms with Crippen molar-refractivity contribution in [2.45, 2.75) is 12.8 Å². The first-order valence-electron chi connectivity index (χ1n) is 4.54. The maximum absolute atomic E-state index is 11.3. The average molecular weight is 207 g/mol. The lowest BCUT2D eigenvalue weighted by Crippen LogP contribution is -2.14. The number of ether oxygens (including phenoxy) is 1. The van der Waals surface area contributed by atoms with E-state index in [1.165, 1.54) is 7.11 Å². The van der Waals surface area contributed by atoms with Crippen molar-refractivity contribution in [1.82, 2.24) is 0 Å². The topological polar surface area (TPSA) is 69.4 Å². The Balaban J connectivity index is 3.00. The summed E-state index contributed by atoms with van der Waals surface area (Å²) in [6.45, 7) is 1.71. The Bertz CT molecular complexity index is 387. The Morgan fingerprint density at radius 1 is 1.40 bits per heavy atom. The summed E-state index contributed by atoms with van der Waals surface area (Å²) in [5.74, 6) is -1.24. The Morgan fingerprint density at radius 3 is 2.60 bits per heavy atom. The van der Waals surface area contributed by atoms with Gasteiger partial charge >= 0.3 is 5.97 Å². The van der Waals surface area contributed by atoms with Gasteiger partial charge in [-0.1, -0.05) is 12.1 Å². The van der Waals surface area contributed by atoms with Crippen LogP contribution in [0.3, 0.4) is 0 Å². The summed E-state index contributed by atoms with van der Waals surface area (Å²) in [5, 5.41) is 0. The van der Waals surface area contributed by atoms with Gasteiger partial charge in [0, 0.05) is 5.56 Å². The van der Waals surface area contributed by atoms with E-state index in [0.29, 0.717) is 5.56 Å². The van der Waals surface area contributed by atoms with E-state index in [-0.39, 0.29) is 5.97 Å². The number of nitrogens with two attached hydrogens (primary N) is 1. The van der Waals surface area contributed by atoms with E-state index in [2.05, 4.69) is 4.74 Å². The summed E-state index contributed by atoms with van der Waals surface area (Å²) in [6, 6.07) is 6.66. The van der Waals surface area contributed by atoms with Crippen LogP contribution < -0.4 is 5.73 Å². The van der Waals surface area contributed by atoms with Gasteiger partial charge in [-0.05, 0) is 24.6 Å². The Hall–Kier alpha value is -1.84. The number of primary amides is 1. The SMILES string of the molecule is COC(=O)C(C)c1cccc(C(N)=O)c1. The van der Waals surface area contributed by atoms with Crippen LogP contribution in [0.4, 0.5) is 0 Å². The second-order valence-electron chi connectivity index (χ2n) is 3.23. The van der Waals surface area contributed by atoms with Gasteiger partial charge < -0.3 is 10.5 Å². The Labute approximate surface area is 88.0 Å². The molecular weight excluding hydrogens is 194 g/mol. The molecule has 0 aliphatic rings. The minimum Gasteiger partial charge on any atom is -0.469 e. The van der Waals surface area contributed by atoms with Crippen LogP contribution in [-0.4, -0.2) is 19.0 Å². The van der Waals surface area contributed by atoms with Crippen molar-refractivity contribution in [3.8, 4) is 0 Å². The van der Waals surface area contributed by atoms with E-state index in [0.717, 1.165) is 5.56 Å². The molecule has 1 atom stereocenters. The molecule has 0 spiro atoms. The smallest absolute Gasteiger partial charge is 0.312 e. The van der Waals surface area contributed by atoms with Gasteiger partial charge in [-0.3, -0.25) is 9.59 Å². The average Bonchev–Trinajstić information content (AvgIpc) is 2.27. The number of esters is 1. The molecule has 1 rings (SSSR count). The van der Waals surface area contributed by atoms with Crippen LogP contribution in [0.1, 0.15) is 28.8 Å². The van der Waals surface area contributed by atoms with Gasteiger partial charge in [0.25, 0.3) is 0 Å². The largest absolute Gasteiger partial charge is 0.469 e. The molecule has 0 heterocycles. The third kappa shape index (κ3) is 2.56. The van der Waals surface area contributed by atoms with Crippen LogP contribution in [-0.2, 0) is 9.53 Å². The van der Waals surface area contributed by atoms with Gasteiger partial charge in [-0.15, -0.1) is 0 Å². The minimum atomic E-state index is -0.506. The molecule has 0 aliphatic heterocycles. The highest BCUT2D eigenvalue weighted by Crippen LogP contribution is 2.17. The van der Waals surface area contributed by atoms with Crippen molar-refractivity contribution in [2.75, 3.05) is 7.11 Å². The van der Waals surface area contributed by atoms with Crippen LogP contribution in [0.25, 0.3) is 0 Å². The van der Waals surface area contributed by atoms with Crippen LogP contribution in [0.2, 0.25) is 0 Å². The fraction of sp³-hybridized carbons (Fsp3) is 0.273. The summed E-state index contributed by atoms with van der Waals surface area (Å²) in [4.78, 5) is 22.2. The number of methoxy groups -OCH3 is 1. The molecular formula is C11H13NO3. The molecule has 0 aliphatic carbocycles. The van der Waals surface area contributed by atoms with Crippen molar-refractivity contribution in [3.05, 3.63) is 35.4 Å². The lowest BCUT2D eigenvalue weighted by molar-refractivity contribution is -0.141. The monoisotopic (exact) mass is 207 g/mol. The predicted octanol–water partition coefficient (Wildman–Crippen LogP) is 1.06. The van der Waals surface area contributed by atoms with Crippen molar-refractivity contribution >= 4 is 11.9 Å². The standard InChI is InChI=1S/C11H13NO3/c1-7(11(14)15-2)8-4-3-5-9(6-8)10(12)13/h3-7H,1-2H3,(H2,12,13). The molecule has 0 radical (unpaired) electrons. The first kappa shape index (κ1) is 11.2. The van der Waals surface area contributed by atoms with Crippen molar-refractivity contribution in [1.29, 1.82) is 0 Å². The zero-order valence-electron chi connectivity index (χ0n) is 8.69. The van der Waals surface area contributed by atoms with Gasteiger partial charge in [0.1, 0.15) is 0 Å². The Morgan fingerprint density at radius 2 is 2.07 bits per heavy atom. The van der Waals surface area contributed by atoms with E-state index in [1.54, 1.807) is 31.2 Å². The normalized spacial score (nSPS) is 11.9. The number of hydrogen-bond acceptors (Lipinski definition) is 3. The summed E-state index contributed by atoms with van der Waals surface area (Å²) in [6.07, 6.45) is 0. The van der Waals surface area contributed by atoms with E-state index in [9.17, 15) is 9.59 Å². The van der Waals surface area contributed by atoms with Crippen molar-refractivity contribution in [2.24, 2.45) is 5.73 Å². The lowest BCUT2D eigenvalue weighted by atomic mass is 9.99. The molecule has 80 valence electrons. The molecule has 15 heavy (non-hydrogen) atoms. The fourth-order valence-corrected chi connectivity index (χ4v) is 1.27. The Kier molecular flexibility index (Phi) is 3.44. The predicted molar refractivity (Wildman–Crippen MR) is 55.4 cm³/mol. The number of carbonyl (C=O) groups excluding carboxylic acids is 2. The third-order valence-corrected chi connectivity index (χ3v) is 2.23. The van der Waals surface area contributed by atoms with E-state index < -0.39 is 11.8 Å². The number of benzene rings is 1. The summed E-state index contributed by atoms with van der Waals surface area (Å²) >= 11 is 0. The van der Waals surface area contributed by atoms with Crippen molar-refractivity contribution < 1.29 is 14.3 Å². The molecule has 0 saturated carbocycles. The molecule has 4 nitrogen and oxygen atoms in total. The van der Waals surface area contributed by atoms with Crippen molar-refractivity contribution in [3.63, 3.8) is 0 Å². The van der Waals surface area contributed by atoms with Gasteiger partial charge in [0.2, 0.25) is 5.91 Å². The highest BCUT2D eigenvalue weighted by molar-refractivity contribution is 5.93. The fourth-order valence-electron chi connectivity index (χ4n) is 1.27. The first-order valence-corrected chi connectivity index (χ1v) is 4.54. The second kappa shape index (κ2) is 4.59. The molecule has 0 fully saturated rings. The minimum absolute atomic E-state index is 0.336. The van der Waals surface area contributed by atoms with E-state index >= 15 is 0 Å². The molecule has 0 bridgehead atoms. The third-order valence-electron chi connectivity index (χ3n) is 2.23. The number of hydrogen-bond donors (Lipinski definition) is 1. The zero-order chi connectivity index (χ0) is 11.4. The maximum atomic E-state index is 11.3. The molecule has 4 heteroatoms. The van der Waals surface area contributed by atoms with Gasteiger partial charge in [0.15, 0.2) is 0 Å². The van der Waals surface area contributed by atoms with Crippen LogP contribution in [0, 0.1) is 0 Å². The van der Waals surface area contributed by atoms with Gasteiger partial charge in [-0.25, -0.2) is 0 Å². The number of amides is 1. The number of rotatable bonds is 3. The second-order valence-corrected chi connectivity index (χ2v) is 3.23. The maximum Gasteiger partial charge on any atom is 0.312 e. The molecule has 1 unspecified atom stereocenters.